The summed E-state index contributed by atoms with van der Waals surface area (Å²) in [6.07, 6.45) is 14.6. The standard InChI is InChI=1S/C59H63F2N11O7/c1-4-42-45(60)13-10-37-7-5-8-43(50(37)42)52-51(61)53-44(26-62-52)54(70-28-38-11-12-39(29-70)63-38)66-56(65-53)79-34(2)59-20-6-22-71(59)40(17-21-59)33-78-58(76)69-23-18-35(19-24-69)32-77-41-30-68(31-41)27-36-9-14-46-48(25-36)67(3)57(75)72(46)47-15-16-49(73)64-55(47)74/h1,5,7-10,13-14,25-26,35,38-41,47,63H,2,6,11-12,15-24,27-33H2,3H3,(H,64,73,74)/t38?,39?,40?,47?,59-/m0/s1. The predicted octanol–water partition coefficient (Wildman–Crippen LogP) is 6.32. The number of benzene rings is 3. The molecule has 13 rings (SSSR count). The Bertz CT molecular complexity index is 3570. The number of aryl methyl sites for hydroxylation is 1. The van der Waals surface area contributed by atoms with Gasteiger partial charge >= 0.3 is 17.8 Å². The van der Waals surface area contributed by atoms with Crippen molar-refractivity contribution >= 4 is 56.4 Å². The number of imide groups is 1. The SMILES string of the molecule is C#Cc1c(F)ccc2cccc(-c3ncc4c(N5CC6CCC(C5)N6)nc(OC(=C)[C@@]56CCCN5C(COC(=O)N5CCC(COC7CN(Cc8ccc9c(c8)n(C)c(=O)n9C8CCC(=O)NC8=O)C7)CC5)CC6)nc4c3F)c12. The van der Waals surface area contributed by atoms with Crippen molar-refractivity contribution in [3.8, 4) is 29.6 Å². The maximum Gasteiger partial charge on any atom is 0.409 e. The van der Waals surface area contributed by atoms with E-state index in [4.69, 9.17) is 30.6 Å². The zero-order valence-electron chi connectivity index (χ0n) is 44.2. The molecular formula is C59H63F2N11O7. The van der Waals surface area contributed by atoms with E-state index in [1.54, 1.807) is 47.0 Å². The van der Waals surface area contributed by atoms with Gasteiger partial charge in [0.25, 0.3) is 0 Å². The topological polar surface area (TPSA) is 182 Å². The Labute approximate surface area is 455 Å². The fraction of sp³-hybridized carbons (Fsp3) is 0.475. The zero-order valence-corrected chi connectivity index (χ0v) is 44.2. The van der Waals surface area contributed by atoms with Crippen LogP contribution in [0.4, 0.5) is 19.4 Å². The van der Waals surface area contributed by atoms with E-state index in [-0.39, 0.29) is 77.7 Å². The van der Waals surface area contributed by atoms with E-state index >= 15 is 8.78 Å². The number of likely N-dealkylation sites (tertiary alicyclic amines) is 2. The number of aromatic nitrogens is 5. The van der Waals surface area contributed by atoms with Crippen LogP contribution in [0.25, 0.3) is 44.0 Å². The number of pyridine rings is 1. The minimum Gasteiger partial charge on any atom is -0.448 e. The average Bonchev–Trinajstić information content (AvgIpc) is 4.40. The summed E-state index contributed by atoms with van der Waals surface area (Å²) in [7, 11) is 1.70. The Morgan fingerprint density at radius 2 is 1.73 bits per heavy atom. The molecule has 3 aromatic heterocycles. The number of amides is 3. The van der Waals surface area contributed by atoms with Gasteiger partial charge in [0.2, 0.25) is 11.8 Å². The largest absolute Gasteiger partial charge is 0.448 e. The summed E-state index contributed by atoms with van der Waals surface area (Å²) >= 11 is 0. The van der Waals surface area contributed by atoms with Crippen molar-refractivity contribution in [3.63, 3.8) is 0 Å². The molecule has 7 aliphatic heterocycles. The number of hydrogen-bond acceptors (Lipinski definition) is 14. The van der Waals surface area contributed by atoms with Gasteiger partial charge in [-0.05, 0) is 99.4 Å². The van der Waals surface area contributed by atoms with Crippen LogP contribution in [0.2, 0.25) is 0 Å². The van der Waals surface area contributed by atoms with Crippen molar-refractivity contribution in [2.75, 3.05) is 63.9 Å². The van der Waals surface area contributed by atoms with Gasteiger partial charge in [0.1, 0.15) is 41.3 Å². The van der Waals surface area contributed by atoms with Gasteiger partial charge in [0.15, 0.2) is 5.82 Å². The summed E-state index contributed by atoms with van der Waals surface area (Å²) in [5.41, 5.74) is 2.04. The number of anilines is 1. The molecule has 0 radical (unpaired) electrons. The molecule has 18 nitrogen and oxygen atoms in total. The van der Waals surface area contributed by atoms with E-state index in [1.165, 1.54) is 10.6 Å². The summed E-state index contributed by atoms with van der Waals surface area (Å²) in [5, 5.41) is 7.51. The quantitative estimate of drug-likeness (QED) is 0.0746. The van der Waals surface area contributed by atoms with Crippen LogP contribution < -0.4 is 26.0 Å². The fourth-order valence-electron chi connectivity index (χ4n) is 13.8. The molecule has 3 amide bonds. The number of hydrogen-bond donors (Lipinski definition) is 2. The number of terminal acetylenes is 1. The Kier molecular flexibility index (Phi) is 13.2. The number of rotatable bonds is 13. The molecule has 6 aromatic rings. The smallest absolute Gasteiger partial charge is 0.409 e. The number of nitrogens with zero attached hydrogens (tertiary/aromatic N) is 9. The summed E-state index contributed by atoms with van der Waals surface area (Å²) in [5.74, 6) is 1.75. The van der Waals surface area contributed by atoms with Crippen molar-refractivity contribution in [3.05, 3.63) is 100 Å². The van der Waals surface area contributed by atoms with Crippen molar-refractivity contribution in [1.29, 1.82) is 0 Å². The van der Waals surface area contributed by atoms with Crippen molar-refractivity contribution in [2.24, 2.45) is 13.0 Å². The van der Waals surface area contributed by atoms with Crippen LogP contribution in [-0.2, 0) is 32.7 Å². The van der Waals surface area contributed by atoms with Crippen LogP contribution >= 0.6 is 0 Å². The van der Waals surface area contributed by atoms with Crippen LogP contribution in [0.1, 0.15) is 81.4 Å². The normalized spacial score (nSPS) is 24.8. The first-order valence-electron chi connectivity index (χ1n) is 27.8. The lowest BCUT2D eigenvalue weighted by atomic mass is 9.92. The molecule has 2 N–H and O–H groups in total. The molecule has 0 aliphatic carbocycles. The summed E-state index contributed by atoms with van der Waals surface area (Å²) in [6.45, 7) is 10.9. The molecule has 7 saturated heterocycles. The van der Waals surface area contributed by atoms with Gasteiger partial charge in [-0.3, -0.25) is 38.8 Å². The molecule has 7 aliphatic rings. The molecule has 79 heavy (non-hydrogen) atoms. The Hall–Kier alpha value is -7.31. The van der Waals surface area contributed by atoms with Crippen LogP contribution in [0.5, 0.6) is 6.01 Å². The van der Waals surface area contributed by atoms with E-state index in [2.05, 4.69) is 42.8 Å². The average molecular weight is 1080 g/mol. The number of carbonyl (C=O) groups excluding carboxylic acids is 3. The lowest BCUT2D eigenvalue weighted by molar-refractivity contribution is -0.135. The second kappa shape index (κ2) is 20.4. The number of ether oxygens (including phenoxy) is 3. The number of carbonyl (C=O) groups is 3. The molecule has 3 aromatic carbocycles. The molecular weight excluding hydrogens is 1010 g/mol. The van der Waals surface area contributed by atoms with E-state index in [9.17, 15) is 19.2 Å². The number of piperazine rings is 1. The van der Waals surface area contributed by atoms with Gasteiger partial charge in [-0.2, -0.15) is 9.97 Å². The van der Waals surface area contributed by atoms with E-state index < -0.39 is 29.1 Å². The van der Waals surface area contributed by atoms with Crippen LogP contribution in [0.15, 0.2) is 71.9 Å². The summed E-state index contributed by atoms with van der Waals surface area (Å²) in [6, 6.07) is 13.8. The van der Waals surface area contributed by atoms with Gasteiger partial charge in [-0.15, -0.1) is 6.42 Å². The third-order valence-electron chi connectivity index (χ3n) is 18.0. The van der Waals surface area contributed by atoms with E-state index in [0.717, 1.165) is 82.1 Å². The van der Waals surface area contributed by atoms with Gasteiger partial charge in [-0.25, -0.2) is 18.4 Å². The third-order valence-corrected chi connectivity index (χ3v) is 18.0. The number of fused-ring (bicyclic) bond motifs is 6. The van der Waals surface area contributed by atoms with Gasteiger partial charge < -0.3 is 29.3 Å². The van der Waals surface area contributed by atoms with Crippen molar-refractivity contribution < 1.29 is 37.4 Å². The van der Waals surface area contributed by atoms with Crippen LogP contribution in [-0.4, -0.2) is 145 Å². The number of piperidine rings is 2. The maximum absolute atomic E-state index is 17.3. The number of nitrogens with one attached hydrogen (secondary N) is 2. The van der Waals surface area contributed by atoms with Gasteiger partial charge in [-0.1, -0.05) is 42.8 Å². The maximum atomic E-state index is 17.3. The van der Waals surface area contributed by atoms with Gasteiger partial charge in [0, 0.05) is 94.6 Å². The minimum absolute atomic E-state index is 0.0102. The first-order valence-corrected chi connectivity index (χ1v) is 27.8. The highest BCUT2D eigenvalue weighted by Gasteiger charge is 2.53. The van der Waals surface area contributed by atoms with Crippen LogP contribution in [0.3, 0.4) is 0 Å². The lowest BCUT2D eigenvalue weighted by Gasteiger charge is -2.40. The Balaban J connectivity index is 0.616. The third kappa shape index (κ3) is 9.17. The Morgan fingerprint density at radius 1 is 0.924 bits per heavy atom. The highest BCUT2D eigenvalue weighted by Crippen LogP contribution is 2.47. The first kappa shape index (κ1) is 51.1. The van der Waals surface area contributed by atoms with Crippen molar-refractivity contribution in [1.82, 2.24) is 49.4 Å². The fourth-order valence-corrected chi connectivity index (χ4v) is 13.8. The number of imidazole rings is 1. The lowest BCUT2D eigenvalue weighted by Crippen LogP contribution is -2.52. The van der Waals surface area contributed by atoms with Crippen LogP contribution in [0, 0.1) is 29.9 Å². The molecule has 0 saturated carbocycles. The summed E-state index contributed by atoms with van der Waals surface area (Å²) in [4.78, 5) is 74.1. The molecule has 2 bridgehead atoms. The second-order valence-corrected chi connectivity index (χ2v) is 22.7. The first-order chi connectivity index (χ1) is 38.3. The number of halogens is 2. The van der Waals surface area contributed by atoms with Gasteiger partial charge in [0.05, 0.1) is 40.2 Å². The molecule has 5 atom stereocenters. The van der Waals surface area contributed by atoms with E-state index in [1.807, 2.05) is 18.2 Å². The Morgan fingerprint density at radius 3 is 2.52 bits per heavy atom. The molecule has 410 valence electrons. The molecule has 7 fully saturated rings. The highest BCUT2D eigenvalue weighted by molar-refractivity contribution is 6.02. The zero-order chi connectivity index (χ0) is 54.3. The minimum atomic E-state index is -0.719. The monoisotopic (exact) mass is 1080 g/mol. The van der Waals surface area contributed by atoms with Crippen molar-refractivity contribution in [2.45, 2.75) is 107 Å². The highest BCUT2D eigenvalue weighted by atomic mass is 19.1. The second-order valence-electron chi connectivity index (χ2n) is 22.7. The predicted molar refractivity (Wildman–Crippen MR) is 291 cm³/mol. The van der Waals surface area contributed by atoms with E-state index in [0.29, 0.717) is 90.5 Å². The molecule has 4 unspecified atom stereocenters. The molecule has 20 heteroatoms. The summed E-state index contributed by atoms with van der Waals surface area (Å²) < 4.78 is 54.4. The molecule has 10 heterocycles. The molecule has 0 spiro atoms.